The van der Waals surface area contributed by atoms with Crippen molar-refractivity contribution in [3.63, 3.8) is 0 Å². The number of rotatable bonds is 2. The van der Waals surface area contributed by atoms with Crippen LogP contribution in [-0.4, -0.2) is 20.6 Å². The molecule has 6 heteroatoms. The first-order valence-corrected chi connectivity index (χ1v) is 6.52. The highest BCUT2D eigenvalue weighted by atomic mass is 79.9. The first kappa shape index (κ1) is 12.8. The number of aromatic carboxylic acids is 1. The zero-order valence-corrected chi connectivity index (χ0v) is 11.6. The first-order chi connectivity index (χ1) is 9.58. The van der Waals surface area contributed by atoms with Crippen LogP contribution in [0.15, 0.2) is 47.2 Å². The quantitative estimate of drug-likeness (QED) is 0.778. The van der Waals surface area contributed by atoms with E-state index in [0.29, 0.717) is 15.5 Å². The topological polar surface area (TPSA) is 55.1 Å². The van der Waals surface area contributed by atoms with Gasteiger partial charge in [-0.3, -0.25) is 4.57 Å². The van der Waals surface area contributed by atoms with Crippen LogP contribution in [0.5, 0.6) is 0 Å². The van der Waals surface area contributed by atoms with E-state index in [0.717, 1.165) is 0 Å². The maximum Gasteiger partial charge on any atom is 0.337 e. The summed E-state index contributed by atoms with van der Waals surface area (Å²) in [5, 5.41) is 9.24. The Labute approximate surface area is 121 Å². The molecule has 0 saturated carbocycles. The number of carboxylic acids is 1. The lowest BCUT2D eigenvalue weighted by atomic mass is 10.1. The summed E-state index contributed by atoms with van der Waals surface area (Å²) in [4.78, 5) is 15.4. The van der Waals surface area contributed by atoms with Crippen LogP contribution in [0.3, 0.4) is 0 Å². The van der Waals surface area contributed by atoms with Crippen molar-refractivity contribution in [1.29, 1.82) is 0 Å². The van der Waals surface area contributed by atoms with Gasteiger partial charge < -0.3 is 5.11 Å². The van der Waals surface area contributed by atoms with Crippen molar-refractivity contribution < 1.29 is 14.3 Å². The Kier molecular flexibility index (Phi) is 3.02. The molecule has 0 spiro atoms. The Morgan fingerprint density at radius 2 is 2.10 bits per heavy atom. The molecule has 1 heterocycles. The molecule has 0 aliphatic heterocycles. The average molecular weight is 335 g/mol. The summed E-state index contributed by atoms with van der Waals surface area (Å²) in [6.07, 6.45) is 1.42. The van der Waals surface area contributed by atoms with Crippen LogP contribution in [-0.2, 0) is 0 Å². The van der Waals surface area contributed by atoms with Gasteiger partial charge in [0.05, 0.1) is 22.3 Å². The third-order valence-corrected chi connectivity index (χ3v) is 3.46. The Morgan fingerprint density at radius 3 is 2.80 bits per heavy atom. The summed E-state index contributed by atoms with van der Waals surface area (Å²) < 4.78 is 16.1. The predicted molar refractivity (Wildman–Crippen MR) is 75.7 cm³/mol. The van der Waals surface area contributed by atoms with E-state index in [-0.39, 0.29) is 11.3 Å². The lowest BCUT2D eigenvalue weighted by Crippen LogP contribution is -2.03. The molecule has 3 aromatic rings. The van der Waals surface area contributed by atoms with Crippen LogP contribution in [0.2, 0.25) is 0 Å². The summed E-state index contributed by atoms with van der Waals surface area (Å²) in [6, 6.07) is 9.35. The minimum atomic E-state index is -1.07. The third kappa shape index (κ3) is 1.98. The second-order valence-electron chi connectivity index (χ2n) is 4.19. The molecule has 20 heavy (non-hydrogen) atoms. The lowest BCUT2D eigenvalue weighted by Gasteiger charge is -2.08. The molecule has 0 unspecified atom stereocenters. The molecule has 1 aromatic heterocycles. The molecule has 0 aliphatic carbocycles. The highest BCUT2D eigenvalue weighted by Crippen LogP contribution is 2.25. The molecule has 1 N–H and O–H groups in total. The Hall–Kier alpha value is -2.21. The van der Waals surface area contributed by atoms with Crippen LogP contribution in [0.25, 0.3) is 16.7 Å². The summed E-state index contributed by atoms with van der Waals surface area (Å²) in [6.45, 7) is 0. The monoisotopic (exact) mass is 334 g/mol. The number of para-hydroxylation sites is 1. The fourth-order valence-electron chi connectivity index (χ4n) is 2.10. The second-order valence-corrected chi connectivity index (χ2v) is 5.10. The van der Waals surface area contributed by atoms with Crippen molar-refractivity contribution in [1.82, 2.24) is 9.55 Å². The lowest BCUT2D eigenvalue weighted by molar-refractivity contribution is 0.0698. The number of hydrogen-bond acceptors (Lipinski definition) is 2. The van der Waals surface area contributed by atoms with Gasteiger partial charge in [0.2, 0.25) is 0 Å². The molecule has 0 radical (unpaired) electrons. The molecule has 0 fully saturated rings. The molecule has 0 saturated heterocycles. The van der Waals surface area contributed by atoms with Crippen molar-refractivity contribution in [2.24, 2.45) is 0 Å². The molecular weight excluding hydrogens is 327 g/mol. The van der Waals surface area contributed by atoms with Gasteiger partial charge in [-0.25, -0.2) is 14.2 Å². The van der Waals surface area contributed by atoms with Gasteiger partial charge in [0.15, 0.2) is 0 Å². The van der Waals surface area contributed by atoms with Crippen LogP contribution in [0, 0.1) is 5.82 Å². The molecule has 0 amide bonds. The summed E-state index contributed by atoms with van der Waals surface area (Å²) in [7, 11) is 0. The fraction of sp³-hybridized carbons (Fsp3) is 0. The zero-order chi connectivity index (χ0) is 14.3. The Bertz CT molecular complexity index is 829. The number of fused-ring (bicyclic) bond motifs is 1. The second kappa shape index (κ2) is 4.72. The highest BCUT2D eigenvalue weighted by Gasteiger charge is 2.16. The number of nitrogens with zero attached hydrogens (tertiary/aromatic N) is 2. The highest BCUT2D eigenvalue weighted by molar-refractivity contribution is 9.10. The van der Waals surface area contributed by atoms with Crippen molar-refractivity contribution in [2.45, 2.75) is 0 Å². The van der Waals surface area contributed by atoms with Gasteiger partial charge in [-0.2, -0.15) is 0 Å². The van der Waals surface area contributed by atoms with E-state index < -0.39 is 11.8 Å². The summed E-state index contributed by atoms with van der Waals surface area (Å²) in [5.41, 5.74) is 1.22. The maximum atomic E-state index is 14.0. The third-order valence-electron chi connectivity index (χ3n) is 2.97. The van der Waals surface area contributed by atoms with E-state index >= 15 is 0 Å². The van der Waals surface area contributed by atoms with E-state index in [1.54, 1.807) is 24.3 Å². The van der Waals surface area contributed by atoms with Gasteiger partial charge in [0.25, 0.3) is 0 Å². The van der Waals surface area contributed by atoms with E-state index in [1.165, 1.54) is 23.0 Å². The number of carboxylic acid groups (broad SMARTS) is 1. The minimum Gasteiger partial charge on any atom is -0.478 e. The molecule has 4 nitrogen and oxygen atoms in total. The number of aromatic nitrogens is 2. The van der Waals surface area contributed by atoms with Gasteiger partial charge >= 0.3 is 5.97 Å². The van der Waals surface area contributed by atoms with E-state index in [1.807, 2.05) is 0 Å². The van der Waals surface area contributed by atoms with Crippen LogP contribution in [0.4, 0.5) is 4.39 Å². The molecule has 3 rings (SSSR count). The molecule has 100 valence electrons. The Balaban J connectivity index is 2.34. The smallest absolute Gasteiger partial charge is 0.337 e. The van der Waals surface area contributed by atoms with Crippen LogP contribution < -0.4 is 0 Å². The van der Waals surface area contributed by atoms with Crippen molar-refractivity contribution in [3.05, 3.63) is 58.6 Å². The van der Waals surface area contributed by atoms with Gasteiger partial charge in [-0.15, -0.1) is 0 Å². The van der Waals surface area contributed by atoms with E-state index in [4.69, 9.17) is 0 Å². The number of hydrogen-bond donors (Lipinski definition) is 1. The average Bonchev–Trinajstić information content (AvgIpc) is 2.82. The van der Waals surface area contributed by atoms with E-state index in [2.05, 4.69) is 20.9 Å². The first-order valence-electron chi connectivity index (χ1n) is 5.72. The standard InChI is InChI=1S/C14H8BrFN2O2/c15-8-4-5-12(10(16)6-8)18-7-17-11-3-1-2-9(13(11)18)14(19)20/h1-7H,(H,19,20). The van der Waals surface area contributed by atoms with Gasteiger partial charge in [-0.1, -0.05) is 22.0 Å². The molecule has 0 atom stereocenters. The molecule has 2 aromatic carbocycles. The number of benzene rings is 2. The van der Waals surface area contributed by atoms with Crippen LogP contribution >= 0.6 is 15.9 Å². The SMILES string of the molecule is O=C(O)c1cccc2ncn(-c3ccc(Br)cc3F)c12. The number of halogens is 2. The van der Waals surface area contributed by atoms with Gasteiger partial charge in [0, 0.05) is 4.47 Å². The minimum absolute atomic E-state index is 0.0855. The normalized spacial score (nSPS) is 10.9. The zero-order valence-electron chi connectivity index (χ0n) is 10.0. The van der Waals surface area contributed by atoms with Crippen molar-refractivity contribution >= 4 is 32.9 Å². The van der Waals surface area contributed by atoms with Gasteiger partial charge in [-0.05, 0) is 30.3 Å². The van der Waals surface area contributed by atoms with Gasteiger partial charge in [0.1, 0.15) is 12.1 Å². The van der Waals surface area contributed by atoms with Crippen molar-refractivity contribution in [2.75, 3.05) is 0 Å². The Morgan fingerprint density at radius 1 is 1.30 bits per heavy atom. The number of carbonyl (C=O) groups is 1. The molecule has 0 aliphatic rings. The molecular formula is C14H8BrFN2O2. The summed E-state index contributed by atoms with van der Waals surface area (Å²) >= 11 is 3.19. The van der Waals surface area contributed by atoms with Crippen LogP contribution in [0.1, 0.15) is 10.4 Å². The molecule has 0 bridgehead atoms. The predicted octanol–water partition coefficient (Wildman–Crippen LogP) is 3.63. The summed E-state index contributed by atoms with van der Waals surface area (Å²) in [5.74, 6) is -1.53. The number of imidazole rings is 1. The van der Waals surface area contributed by atoms with E-state index in [9.17, 15) is 14.3 Å². The largest absolute Gasteiger partial charge is 0.478 e. The fourth-order valence-corrected chi connectivity index (χ4v) is 2.43. The maximum absolute atomic E-state index is 14.0. The van der Waals surface area contributed by atoms with Crippen molar-refractivity contribution in [3.8, 4) is 5.69 Å².